The molecule has 4 N–H and O–H groups in total. The molecule has 0 saturated heterocycles. The van der Waals surface area contributed by atoms with Crippen LogP contribution in [0.5, 0.6) is 0 Å². The summed E-state index contributed by atoms with van der Waals surface area (Å²) in [5, 5.41) is 44.1. The van der Waals surface area contributed by atoms with Gasteiger partial charge in [-0.25, -0.2) is 0 Å². The summed E-state index contributed by atoms with van der Waals surface area (Å²) in [7, 11) is 0. The Labute approximate surface area is 177 Å². The van der Waals surface area contributed by atoms with Crippen LogP contribution in [0, 0.1) is 29.1 Å². The Morgan fingerprint density at radius 3 is 2.34 bits per heavy atom. The summed E-state index contributed by atoms with van der Waals surface area (Å²) >= 11 is 0. The van der Waals surface area contributed by atoms with Crippen LogP contribution >= 0.6 is 0 Å². The molecule has 0 radical (unpaired) electrons. The number of aliphatic hydroxyl groups excluding tert-OH is 2. The maximum atomic E-state index is 11.3. The molecule has 2 rings (SSSR count). The van der Waals surface area contributed by atoms with E-state index in [4.69, 9.17) is 4.74 Å². The van der Waals surface area contributed by atoms with E-state index in [1.54, 1.807) is 0 Å². The predicted octanol–water partition coefficient (Wildman–Crippen LogP) is 3.51. The van der Waals surface area contributed by atoms with Crippen molar-refractivity contribution in [3.8, 4) is 0 Å². The molecule has 5 nitrogen and oxygen atoms in total. The number of aliphatic hydroxyl groups is 4. The maximum Gasteiger partial charge on any atom is 0.120 e. The van der Waals surface area contributed by atoms with E-state index in [1.165, 1.54) is 13.3 Å². The Bertz CT molecular complexity index is 533. The van der Waals surface area contributed by atoms with Gasteiger partial charge < -0.3 is 25.2 Å². The minimum Gasteiger partial charge on any atom is -0.390 e. The molecule has 29 heavy (non-hydrogen) atoms. The van der Waals surface area contributed by atoms with Gasteiger partial charge in [0.25, 0.3) is 0 Å². The first kappa shape index (κ1) is 25.1. The highest BCUT2D eigenvalue weighted by Crippen LogP contribution is 2.45. The van der Waals surface area contributed by atoms with Gasteiger partial charge in [0.05, 0.1) is 18.8 Å². The van der Waals surface area contributed by atoms with E-state index in [2.05, 4.69) is 34.6 Å². The van der Waals surface area contributed by atoms with E-state index in [-0.39, 0.29) is 36.4 Å². The molecule has 0 aromatic heterocycles. The Balaban J connectivity index is 2.07. The van der Waals surface area contributed by atoms with Crippen LogP contribution in [-0.4, -0.2) is 56.5 Å². The lowest BCUT2D eigenvalue weighted by atomic mass is 9.63. The van der Waals surface area contributed by atoms with Crippen LogP contribution in [0.15, 0.2) is 0 Å². The number of hydrogen-bond donors (Lipinski definition) is 4. The summed E-state index contributed by atoms with van der Waals surface area (Å²) in [4.78, 5) is 0. The SMILES string of the molecule is CC(C)C1CC(C)C(O)C(O)(C(O)C(C)(O)COC2CCCC(C)(C(C)C)C2)C1. The zero-order chi connectivity index (χ0) is 22.2. The maximum absolute atomic E-state index is 11.3. The Morgan fingerprint density at radius 1 is 1.17 bits per heavy atom. The standard InChI is InChI=1S/C24H46O5/c1-15(2)18-11-17(5)20(25)24(28,12-18)21(26)23(7,27)14-29-19-9-8-10-22(6,13-19)16(3)4/h15-21,25-28H,8-14H2,1-7H3. The van der Waals surface area contributed by atoms with E-state index < -0.39 is 23.4 Å². The lowest BCUT2D eigenvalue weighted by molar-refractivity contribution is -0.248. The molecule has 0 aliphatic heterocycles. The number of ether oxygens (including phenoxy) is 1. The Morgan fingerprint density at radius 2 is 1.79 bits per heavy atom. The molecule has 0 amide bonds. The third-order valence-electron chi connectivity index (χ3n) is 8.29. The fourth-order valence-corrected chi connectivity index (χ4v) is 5.53. The lowest BCUT2D eigenvalue weighted by Gasteiger charge is -2.51. The summed E-state index contributed by atoms with van der Waals surface area (Å²) in [5.41, 5.74) is -3.15. The molecule has 2 aliphatic rings. The van der Waals surface area contributed by atoms with Crippen molar-refractivity contribution in [2.45, 2.75) is 117 Å². The predicted molar refractivity (Wildman–Crippen MR) is 115 cm³/mol. The second-order valence-corrected chi connectivity index (χ2v) is 11.5. The van der Waals surface area contributed by atoms with Crippen molar-refractivity contribution in [2.75, 3.05) is 6.61 Å². The zero-order valence-corrected chi connectivity index (χ0v) is 19.7. The van der Waals surface area contributed by atoms with Gasteiger partial charge in [0, 0.05) is 0 Å². The first-order valence-electron chi connectivity index (χ1n) is 11.7. The van der Waals surface area contributed by atoms with E-state index in [0.717, 1.165) is 25.7 Å². The summed E-state index contributed by atoms with van der Waals surface area (Å²) in [5.74, 6) is 0.945. The van der Waals surface area contributed by atoms with Gasteiger partial charge in [-0.05, 0) is 68.1 Å². The molecular formula is C24H46O5. The first-order chi connectivity index (χ1) is 13.2. The molecule has 8 unspecified atom stereocenters. The van der Waals surface area contributed by atoms with Gasteiger partial charge in [0.1, 0.15) is 17.3 Å². The number of rotatable bonds is 7. The van der Waals surface area contributed by atoms with Gasteiger partial charge in [-0.1, -0.05) is 48.0 Å². The van der Waals surface area contributed by atoms with Gasteiger partial charge in [0.15, 0.2) is 0 Å². The molecule has 0 spiro atoms. The van der Waals surface area contributed by atoms with Crippen molar-refractivity contribution in [3.63, 3.8) is 0 Å². The van der Waals surface area contributed by atoms with Gasteiger partial charge >= 0.3 is 0 Å². The van der Waals surface area contributed by atoms with Crippen molar-refractivity contribution in [1.29, 1.82) is 0 Å². The monoisotopic (exact) mass is 414 g/mol. The third-order valence-corrected chi connectivity index (χ3v) is 8.29. The molecule has 172 valence electrons. The second kappa shape index (κ2) is 9.12. The number of hydrogen-bond acceptors (Lipinski definition) is 5. The molecule has 0 heterocycles. The minimum atomic E-state index is -1.74. The topological polar surface area (TPSA) is 90.2 Å². The van der Waals surface area contributed by atoms with Crippen molar-refractivity contribution < 1.29 is 25.2 Å². The molecule has 2 fully saturated rings. The minimum absolute atomic E-state index is 0.0445. The fraction of sp³-hybridized carbons (Fsp3) is 1.00. The van der Waals surface area contributed by atoms with Crippen molar-refractivity contribution in [2.24, 2.45) is 29.1 Å². The van der Waals surface area contributed by atoms with Crippen molar-refractivity contribution in [1.82, 2.24) is 0 Å². The van der Waals surface area contributed by atoms with Crippen LogP contribution in [0.2, 0.25) is 0 Å². The van der Waals surface area contributed by atoms with Crippen LogP contribution in [0.4, 0.5) is 0 Å². The van der Waals surface area contributed by atoms with Crippen LogP contribution in [-0.2, 0) is 4.74 Å². The second-order valence-electron chi connectivity index (χ2n) is 11.5. The van der Waals surface area contributed by atoms with E-state index >= 15 is 0 Å². The Hall–Kier alpha value is -0.200. The molecule has 0 bridgehead atoms. The largest absolute Gasteiger partial charge is 0.390 e. The molecule has 5 heteroatoms. The molecule has 2 aliphatic carbocycles. The van der Waals surface area contributed by atoms with Gasteiger partial charge in [-0.2, -0.15) is 0 Å². The summed E-state index contributed by atoms with van der Waals surface area (Å²) in [6.45, 7) is 14.3. The smallest absolute Gasteiger partial charge is 0.120 e. The third kappa shape index (κ3) is 5.35. The molecule has 0 aromatic carbocycles. The van der Waals surface area contributed by atoms with E-state index in [1.807, 2.05) is 6.92 Å². The van der Waals surface area contributed by atoms with Crippen molar-refractivity contribution in [3.05, 3.63) is 0 Å². The summed E-state index contributed by atoms with van der Waals surface area (Å²) in [6, 6.07) is 0. The first-order valence-corrected chi connectivity index (χ1v) is 11.7. The summed E-state index contributed by atoms with van der Waals surface area (Å²) in [6.07, 6.45) is 2.76. The fourth-order valence-electron chi connectivity index (χ4n) is 5.53. The molecule has 8 atom stereocenters. The van der Waals surface area contributed by atoms with Crippen LogP contribution < -0.4 is 0 Å². The highest BCUT2D eigenvalue weighted by molar-refractivity contribution is 5.06. The van der Waals surface area contributed by atoms with Crippen LogP contribution in [0.25, 0.3) is 0 Å². The highest BCUT2D eigenvalue weighted by Gasteiger charge is 2.55. The van der Waals surface area contributed by atoms with Gasteiger partial charge in [-0.3, -0.25) is 0 Å². The Kier molecular flexibility index (Phi) is 7.88. The zero-order valence-electron chi connectivity index (χ0n) is 19.7. The van der Waals surface area contributed by atoms with Gasteiger partial charge in [-0.15, -0.1) is 0 Å². The quantitative estimate of drug-likeness (QED) is 0.512. The normalized spacial score (nSPS) is 42.1. The molecule has 2 saturated carbocycles. The average Bonchev–Trinajstić information content (AvgIpc) is 2.63. The van der Waals surface area contributed by atoms with E-state index in [9.17, 15) is 20.4 Å². The van der Waals surface area contributed by atoms with E-state index in [0.29, 0.717) is 11.8 Å². The van der Waals surface area contributed by atoms with Gasteiger partial charge in [0.2, 0.25) is 0 Å². The van der Waals surface area contributed by atoms with Crippen LogP contribution in [0.1, 0.15) is 87.0 Å². The molecule has 0 aromatic rings. The van der Waals surface area contributed by atoms with Crippen molar-refractivity contribution >= 4 is 0 Å². The highest BCUT2D eigenvalue weighted by atomic mass is 16.5. The van der Waals surface area contributed by atoms with Crippen LogP contribution in [0.3, 0.4) is 0 Å². The average molecular weight is 415 g/mol. The summed E-state index contributed by atoms with van der Waals surface area (Å²) < 4.78 is 6.08. The lowest BCUT2D eigenvalue weighted by Crippen LogP contribution is -2.66. The molecular weight excluding hydrogens is 368 g/mol.